The van der Waals surface area contributed by atoms with E-state index in [1.807, 2.05) is 41.1 Å². The molecule has 4 rings (SSSR count). The molecular formula is C17H14N4O2S2. The summed E-state index contributed by atoms with van der Waals surface area (Å²) in [5, 5.41) is 4.30. The molecule has 0 fully saturated rings. The van der Waals surface area contributed by atoms with Gasteiger partial charge in [-0.1, -0.05) is 30.3 Å². The number of hydrogen-bond acceptors (Lipinski definition) is 6. The molecule has 25 heavy (non-hydrogen) atoms. The molecule has 0 amide bonds. The van der Waals surface area contributed by atoms with E-state index in [1.54, 1.807) is 23.6 Å². The second-order valence-electron chi connectivity index (χ2n) is 5.29. The van der Waals surface area contributed by atoms with E-state index < -0.39 is 11.2 Å². The lowest BCUT2D eigenvalue weighted by atomic mass is 10.2. The van der Waals surface area contributed by atoms with Crippen molar-refractivity contribution in [2.24, 2.45) is 0 Å². The summed E-state index contributed by atoms with van der Waals surface area (Å²) in [4.78, 5) is 15.9. The van der Waals surface area contributed by atoms with Crippen molar-refractivity contribution in [3.63, 3.8) is 0 Å². The van der Waals surface area contributed by atoms with Crippen molar-refractivity contribution in [2.45, 2.75) is 17.5 Å². The van der Waals surface area contributed by atoms with E-state index in [-0.39, 0.29) is 5.75 Å². The lowest BCUT2D eigenvalue weighted by Crippen LogP contribution is -2.10. The molecule has 0 radical (unpaired) electrons. The number of hydrogen-bond donors (Lipinski definition) is 1. The maximum Gasteiger partial charge on any atom is 0.322 e. The number of H-pyrrole nitrogens is 1. The minimum Gasteiger partial charge on any atom is -0.609 e. The first-order valence-electron chi connectivity index (χ1n) is 7.57. The zero-order chi connectivity index (χ0) is 17.1. The summed E-state index contributed by atoms with van der Waals surface area (Å²) in [5.74, 6) is 1.11. The smallest absolute Gasteiger partial charge is 0.322 e. The van der Waals surface area contributed by atoms with Gasteiger partial charge in [0.1, 0.15) is 12.1 Å². The van der Waals surface area contributed by atoms with Crippen molar-refractivity contribution < 1.29 is 9.29 Å². The first kappa shape index (κ1) is 16.1. The summed E-state index contributed by atoms with van der Waals surface area (Å²) in [6, 6.07) is 11.5. The topological polar surface area (TPSA) is 86.8 Å². The average molecular weight is 370 g/mol. The zero-order valence-corrected chi connectivity index (χ0v) is 14.7. The van der Waals surface area contributed by atoms with Gasteiger partial charge in [-0.3, -0.25) is 4.98 Å². The van der Waals surface area contributed by atoms with Crippen molar-refractivity contribution in [2.75, 3.05) is 0 Å². The molecule has 6 nitrogen and oxygen atoms in total. The van der Waals surface area contributed by atoms with Gasteiger partial charge in [0.15, 0.2) is 11.6 Å². The van der Waals surface area contributed by atoms with Gasteiger partial charge in [0.2, 0.25) is 5.88 Å². The van der Waals surface area contributed by atoms with Crippen molar-refractivity contribution in [3.8, 4) is 5.88 Å². The fourth-order valence-corrected chi connectivity index (χ4v) is 3.90. The van der Waals surface area contributed by atoms with Gasteiger partial charge in [-0.25, -0.2) is 4.98 Å². The summed E-state index contributed by atoms with van der Waals surface area (Å²) in [7, 11) is 0. The Hall–Kier alpha value is -2.42. The standard InChI is InChI=1S/C17H14N4O2S2/c22-25(17-19-13-9-24-10-14(13)20-17)11-15-18-7-6-16(21-15)23-8-12-4-2-1-3-5-12/h1-7,9-10H,8,11H2,(H,19,20). The van der Waals surface area contributed by atoms with E-state index in [0.717, 1.165) is 16.6 Å². The number of aromatic nitrogens is 4. The highest BCUT2D eigenvalue weighted by atomic mass is 32.2. The Bertz CT molecular complexity index is 942. The molecule has 1 N–H and O–H groups in total. The molecule has 126 valence electrons. The van der Waals surface area contributed by atoms with Crippen LogP contribution in [0, 0.1) is 0 Å². The maximum atomic E-state index is 12.5. The van der Waals surface area contributed by atoms with Crippen molar-refractivity contribution in [1.29, 1.82) is 0 Å². The molecule has 0 saturated heterocycles. The van der Waals surface area contributed by atoms with Crippen LogP contribution in [0.5, 0.6) is 5.88 Å². The van der Waals surface area contributed by atoms with Crippen molar-refractivity contribution in [3.05, 3.63) is 64.7 Å². The van der Waals surface area contributed by atoms with Crippen LogP contribution >= 0.6 is 11.3 Å². The Kier molecular flexibility index (Phi) is 4.64. The number of rotatable bonds is 6. The van der Waals surface area contributed by atoms with Crippen LogP contribution in [-0.2, 0) is 23.5 Å². The normalized spacial score (nSPS) is 12.4. The lowest BCUT2D eigenvalue weighted by molar-refractivity contribution is 0.292. The van der Waals surface area contributed by atoms with Gasteiger partial charge < -0.3 is 9.29 Å². The second-order valence-corrected chi connectivity index (χ2v) is 7.40. The van der Waals surface area contributed by atoms with E-state index in [1.165, 1.54) is 0 Å². The number of nitrogens with zero attached hydrogens (tertiary/aromatic N) is 3. The van der Waals surface area contributed by atoms with Crippen LogP contribution < -0.4 is 4.74 Å². The second kappa shape index (κ2) is 7.22. The molecule has 0 aliphatic heterocycles. The molecule has 1 aromatic carbocycles. The van der Waals surface area contributed by atoms with Crippen LogP contribution in [0.4, 0.5) is 0 Å². The van der Waals surface area contributed by atoms with Crippen molar-refractivity contribution >= 4 is 33.5 Å². The molecule has 1 atom stereocenters. The van der Waals surface area contributed by atoms with E-state index in [9.17, 15) is 4.55 Å². The third-order valence-corrected chi connectivity index (χ3v) is 5.37. The number of thiophene rings is 1. The van der Waals surface area contributed by atoms with Gasteiger partial charge in [0, 0.05) is 34.2 Å². The summed E-state index contributed by atoms with van der Waals surface area (Å²) in [6.07, 6.45) is 1.61. The van der Waals surface area contributed by atoms with Crippen LogP contribution in [0.3, 0.4) is 0 Å². The number of nitrogens with one attached hydrogen (secondary N) is 1. The van der Waals surface area contributed by atoms with E-state index >= 15 is 0 Å². The summed E-state index contributed by atoms with van der Waals surface area (Å²) in [6.45, 7) is 0.425. The molecule has 4 aromatic rings. The fourth-order valence-electron chi connectivity index (χ4n) is 2.28. The number of aromatic amines is 1. The van der Waals surface area contributed by atoms with Crippen LogP contribution in [0.25, 0.3) is 11.0 Å². The predicted octanol–water partition coefficient (Wildman–Crippen LogP) is 3.30. The predicted molar refractivity (Wildman–Crippen MR) is 96.9 cm³/mol. The molecule has 0 aliphatic carbocycles. The van der Waals surface area contributed by atoms with E-state index in [0.29, 0.717) is 23.5 Å². The van der Waals surface area contributed by atoms with Gasteiger partial charge in [0.25, 0.3) is 0 Å². The highest BCUT2D eigenvalue weighted by Gasteiger charge is 2.19. The molecule has 0 spiro atoms. The number of imidazole rings is 1. The number of benzene rings is 1. The largest absolute Gasteiger partial charge is 0.609 e. The highest BCUT2D eigenvalue weighted by Crippen LogP contribution is 2.20. The Morgan fingerprint density at radius 3 is 2.84 bits per heavy atom. The molecule has 3 heterocycles. The Balaban J connectivity index is 1.43. The molecule has 1 unspecified atom stereocenters. The third kappa shape index (κ3) is 3.81. The highest BCUT2D eigenvalue weighted by molar-refractivity contribution is 7.90. The monoisotopic (exact) mass is 370 g/mol. The summed E-state index contributed by atoms with van der Waals surface area (Å²) >= 11 is 0.219. The first-order valence-corrected chi connectivity index (χ1v) is 9.83. The zero-order valence-electron chi connectivity index (χ0n) is 13.1. The molecule has 0 saturated carbocycles. The number of ether oxygens (including phenoxy) is 1. The minimum absolute atomic E-state index is 0.183. The maximum absolute atomic E-state index is 12.5. The molecular weight excluding hydrogens is 356 g/mol. The van der Waals surface area contributed by atoms with Gasteiger partial charge in [-0.15, -0.1) is 11.3 Å². The SMILES string of the molecule is [O-][S+](Cc1nccc(OCc2ccccc2)n1)c1nc2cscc2[nH]1. The van der Waals surface area contributed by atoms with Crippen LogP contribution in [0.15, 0.2) is 58.5 Å². The van der Waals surface area contributed by atoms with Crippen LogP contribution in [-0.4, -0.2) is 24.5 Å². The summed E-state index contributed by atoms with van der Waals surface area (Å²) < 4.78 is 18.2. The Morgan fingerprint density at radius 1 is 1.12 bits per heavy atom. The average Bonchev–Trinajstić information content (AvgIpc) is 3.23. The van der Waals surface area contributed by atoms with Gasteiger partial charge in [-0.2, -0.15) is 9.97 Å². The molecule has 0 bridgehead atoms. The minimum atomic E-state index is -1.34. The van der Waals surface area contributed by atoms with Gasteiger partial charge >= 0.3 is 5.16 Å². The number of fused-ring (bicyclic) bond motifs is 1. The van der Waals surface area contributed by atoms with Crippen molar-refractivity contribution in [1.82, 2.24) is 19.9 Å². The molecule has 3 aromatic heterocycles. The lowest BCUT2D eigenvalue weighted by Gasteiger charge is -2.08. The van der Waals surface area contributed by atoms with E-state index in [4.69, 9.17) is 4.74 Å². The van der Waals surface area contributed by atoms with Crippen LogP contribution in [0.1, 0.15) is 11.4 Å². The first-order chi connectivity index (χ1) is 12.3. The van der Waals surface area contributed by atoms with E-state index in [2.05, 4.69) is 19.9 Å². The molecule has 0 aliphatic rings. The molecule has 8 heteroatoms. The summed E-state index contributed by atoms with van der Waals surface area (Å²) in [5.41, 5.74) is 2.78. The Labute approximate surface area is 151 Å². The fraction of sp³-hybridized carbons (Fsp3) is 0.118. The van der Waals surface area contributed by atoms with Gasteiger partial charge in [-0.05, 0) is 5.56 Å². The quantitative estimate of drug-likeness (QED) is 0.526. The Morgan fingerprint density at radius 2 is 2.00 bits per heavy atom. The third-order valence-electron chi connectivity index (χ3n) is 3.49. The van der Waals surface area contributed by atoms with Gasteiger partial charge in [0.05, 0.1) is 5.52 Å². The van der Waals surface area contributed by atoms with Crippen LogP contribution in [0.2, 0.25) is 0 Å².